The van der Waals surface area contributed by atoms with Crippen molar-refractivity contribution in [1.82, 2.24) is 9.21 Å². The van der Waals surface area contributed by atoms with Gasteiger partial charge in [0.15, 0.2) is 0 Å². The van der Waals surface area contributed by atoms with Crippen molar-refractivity contribution in [1.29, 1.82) is 0 Å². The van der Waals surface area contributed by atoms with E-state index in [0.717, 1.165) is 15.4 Å². The number of hydrogen-bond acceptors (Lipinski definition) is 5. The van der Waals surface area contributed by atoms with Gasteiger partial charge in [0.05, 0.1) is 15.5 Å². The lowest BCUT2D eigenvalue weighted by atomic mass is 10.2. The molecule has 0 saturated carbocycles. The molecule has 0 bridgehead atoms. The highest BCUT2D eigenvalue weighted by Crippen LogP contribution is 2.27. The van der Waals surface area contributed by atoms with Crippen LogP contribution >= 0.6 is 15.9 Å². The summed E-state index contributed by atoms with van der Waals surface area (Å²) in [7, 11) is -7.71. The Kier molecular flexibility index (Phi) is 8.08. The molecule has 0 spiro atoms. The number of carbonyl (C=O) groups excluding carboxylic acids is 1. The van der Waals surface area contributed by atoms with Crippen LogP contribution in [-0.2, 0) is 24.8 Å². The third kappa shape index (κ3) is 6.06. The van der Waals surface area contributed by atoms with Crippen molar-refractivity contribution in [3.8, 4) is 0 Å². The quantitative estimate of drug-likeness (QED) is 0.408. The van der Waals surface area contributed by atoms with Gasteiger partial charge < -0.3 is 4.90 Å². The topological polar surface area (TPSA) is 95.1 Å². The first kappa shape index (κ1) is 27.3. The van der Waals surface area contributed by atoms with Crippen molar-refractivity contribution in [2.75, 3.05) is 37.0 Å². The molecule has 3 aromatic carbocycles. The Labute approximate surface area is 226 Å². The Morgan fingerprint density at radius 2 is 1.35 bits per heavy atom. The monoisotopic (exact) mass is 605 g/mol. The molecule has 1 aliphatic rings. The van der Waals surface area contributed by atoms with Gasteiger partial charge in [-0.25, -0.2) is 16.8 Å². The van der Waals surface area contributed by atoms with E-state index in [-0.39, 0.29) is 36.0 Å². The van der Waals surface area contributed by atoms with Crippen molar-refractivity contribution < 1.29 is 21.6 Å². The van der Waals surface area contributed by atoms with Crippen LogP contribution in [-0.4, -0.2) is 64.7 Å². The first-order valence-electron chi connectivity index (χ1n) is 11.7. The Balaban J connectivity index is 1.52. The Morgan fingerprint density at radius 3 is 1.89 bits per heavy atom. The van der Waals surface area contributed by atoms with E-state index in [4.69, 9.17) is 0 Å². The van der Waals surface area contributed by atoms with Gasteiger partial charge in [-0.3, -0.25) is 9.10 Å². The summed E-state index contributed by atoms with van der Waals surface area (Å²) in [5.74, 6) is -0.400. The summed E-state index contributed by atoms with van der Waals surface area (Å²) in [4.78, 5) is 15.1. The maximum Gasteiger partial charge on any atom is 0.264 e. The molecule has 1 heterocycles. The number of aryl methyl sites for hydroxylation is 2. The average Bonchev–Trinajstić information content (AvgIpc) is 2.87. The highest BCUT2D eigenvalue weighted by atomic mass is 79.9. The maximum atomic E-state index is 13.6. The summed E-state index contributed by atoms with van der Waals surface area (Å²) in [6.45, 7) is 3.94. The molecule has 0 radical (unpaired) electrons. The van der Waals surface area contributed by atoms with Gasteiger partial charge in [-0.1, -0.05) is 57.4 Å². The zero-order valence-electron chi connectivity index (χ0n) is 20.5. The number of amides is 1. The summed E-state index contributed by atoms with van der Waals surface area (Å²) >= 11 is 3.37. The van der Waals surface area contributed by atoms with Crippen LogP contribution in [0.4, 0.5) is 5.69 Å². The van der Waals surface area contributed by atoms with E-state index in [1.54, 1.807) is 60.7 Å². The van der Waals surface area contributed by atoms with Gasteiger partial charge in [-0.2, -0.15) is 4.31 Å². The van der Waals surface area contributed by atoms with E-state index in [9.17, 15) is 21.6 Å². The third-order valence-electron chi connectivity index (χ3n) is 6.23. The average molecular weight is 607 g/mol. The summed E-state index contributed by atoms with van der Waals surface area (Å²) < 4.78 is 56.3. The number of sulfonamides is 2. The predicted molar refractivity (Wildman–Crippen MR) is 146 cm³/mol. The molecule has 1 saturated heterocycles. The van der Waals surface area contributed by atoms with Gasteiger partial charge in [0, 0.05) is 30.7 Å². The lowest BCUT2D eigenvalue weighted by molar-refractivity contribution is -0.130. The second kappa shape index (κ2) is 10.9. The molecule has 1 fully saturated rings. The highest BCUT2D eigenvalue weighted by molar-refractivity contribution is 9.10. The normalized spacial score (nSPS) is 14.9. The van der Waals surface area contributed by atoms with Crippen LogP contribution in [0, 0.1) is 13.8 Å². The fourth-order valence-electron chi connectivity index (χ4n) is 4.04. The zero-order valence-corrected chi connectivity index (χ0v) is 23.8. The van der Waals surface area contributed by atoms with Gasteiger partial charge in [-0.05, 0) is 56.3 Å². The van der Waals surface area contributed by atoms with E-state index in [0.29, 0.717) is 10.2 Å². The van der Waals surface area contributed by atoms with Gasteiger partial charge in [0.25, 0.3) is 10.0 Å². The molecule has 3 aromatic rings. The maximum absolute atomic E-state index is 13.6. The summed E-state index contributed by atoms with van der Waals surface area (Å²) in [6.07, 6.45) is 0. The zero-order chi connectivity index (χ0) is 26.8. The molecule has 4 rings (SSSR count). The van der Waals surface area contributed by atoms with Crippen LogP contribution in [0.2, 0.25) is 0 Å². The minimum atomic E-state index is -4.04. The van der Waals surface area contributed by atoms with Crippen molar-refractivity contribution in [3.63, 3.8) is 0 Å². The Hall–Kier alpha value is -2.73. The largest absolute Gasteiger partial charge is 0.338 e. The van der Waals surface area contributed by atoms with E-state index in [1.807, 2.05) is 13.8 Å². The number of hydrogen-bond donors (Lipinski definition) is 0. The summed E-state index contributed by atoms with van der Waals surface area (Å²) in [6, 6.07) is 19.9. The number of benzene rings is 3. The van der Waals surface area contributed by atoms with Crippen LogP contribution in [0.3, 0.4) is 0 Å². The number of carbonyl (C=O) groups is 1. The molecular weight excluding hydrogens is 578 g/mol. The number of piperazine rings is 1. The molecular formula is C26H28BrN3O5S2. The minimum absolute atomic E-state index is 0.0832. The lowest BCUT2D eigenvalue weighted by Gasteiger charge is -2.35. The lowest BCUT2D eigenvalue weighted by Crippen LogP contribution is -2.53. The first-order valence-corrected chi connectivity index (χ1v) is 15.4. The summed E-state index contributed by atoms with van der Waals surface area (Å²) in [5.41, 5.74) is 2.23. The van der Waals surface area contributed by atoms with Crippen molar-refractivity contribution in [3.05, 3.63) is 88.4 Å². The molecule has 1 aliphatic heterocycles. The van der Waals surface area contributed by atoms with E-state index in [2.05, 4.69) is 15.9 Å². The van der Waals surface area contributed by atoms with Gasteiger partial charge in [-0.15, -0.1) is 0 Å². The van der Waals surface area contributed by atoms with E-state index in [1.165, 1.54) is 21.3 Å². The fraction of sp³-hybridized carbons (Fsp3) is 0.269. The molecule has 11 heteroatoms. The minimum Gasteiger partial charge on any atom is -0.338 e. The number of halogens is 1. The number of rotatable bonds is 7. The van der Waals surface area contributed by atoms with E-state index < -0.39 is 32.5 Å². The number of anilines is 1. The van der Waals surface area contributed by atoms with E-state index >= 15 is 0 Å². The van der Waals surface area contributed by atoms with Crippen molar-refractivity contribution >= 4 is 47.6 Å². The second-order valence-electron chi connectivity index (χ2n) is 8.90. The molecule has 0 aromatic heterocycles. The van der Waals surface area contributed by atoms with Crippen LogP contribution < -0.4 is 4.31 Å². The number of nitrogens with zero attached hydrogens (tertiary/aromatic N) is 3. The van der Waals surface area contributed by atoms with Crippen LogP contribution in [0.15, 0.2) is 87.1 Å². The van der Waals surface area contributed by atoms with Crippen LogP contribution in [0.25, 0.3) is 0 Å². The van der Waals surface area contributed by atoms with Crippen LogP contribution in [0.5, 0.6) is 0 Å². The molecule has 0 N–H and O–H groups in total. The Morgan fingerprint density at radius 1 is 0.811 bits per heavy atom. The third-order valence-corrected chi connectivity index (χ3v) is 10.4. The predicted octanol–water partition coefficient (Wildman–Crippen LogP) is 3.79. The SMILES string of the molecule is Cc1ccc(S(=O)(=O)N2CCN(C(=O)CN(c3cccc(Br)c3)S(=O)(=O)c3ccc(C)cc3)CC2)cc1. The molecule has 37 heavy (non-hydrogen) atoms. The van der Waals surface area contributed by atoms with Gasteiger partial charge >= 0.3 is 0 Å². The second-order valence-corrected chi connectivity index (χ2v) is 13.6. The van der Waals surface area contributed by atoms with Crippen molar-refractivity contribution in [2.24, 2.45) is 0 Å². The van der Waals surface area contributed by atoms with Crippen LogP contribution in [0.1, 0.15) is 11.1 Å². The van der Waals surface area contributed by atoms with Gasteiger partial charge in [0.1, 0.15) is 6.54 Å². The standard InChI is InChI=1S/C26H28BrN3O5S2/c1-20-6-10-24(11-7-20)36(32,33)29-16-14-28(15-17-29)26(31)19-30(23-5-3-4-22(27)18-23)37(34,35)25-12-8-21(2)9-13-25/h3-13,18H,14-17,19H2,1-2H3. The molecule has 8 nitrogen and oxygen atoms in total. The highest BCUT2D eigenvalue weighted by Gasteiger charge is 2.33. The smallest absolute Gasteiger partial charge is 0.264 e. The molecule has 0 unspecified atom stereocenters. The molecule has 196 valence electrons. The first-order chi connectivity index (χ1) is 17.5. The molecule has 1 amide bonds. The fourth-order valence-corrected chi connectivity index (χ4v) is 7.26. The molecule has 0 atom stereocenters. The van der Waals surface area contributed by atoms with Gasteiger partial charge in [0.2, 0.25) is 15.9 Å². The summed E-state index contributed by atoms with van der Waals surface area (Å²) in [5, 5.41) is 0. The Bertz CT molecular complexity index is 1480. The van der Waals surface area contributed by atoms with Crippen molar-refractivity contribution in [2.45, 2.75) is 23.6 Å². The molecule has 0 aliphatic carbocycles.